The van der Waals surface area contributed by atoms with Crippen LogP contribution in [0.15, 0.2) is 81.5 Å². The van der Waals surface area contributed by atoms with Crippen LogP contribution in [0.25, 0.3) is 0 Å². The molecular formula is C22H21NO3S. The van der Waals surface area contributed by atoms with Crippen LogP contribution < -0.4 is 4.90 Å². The number of carbonyl (C=O) groups excluding carboxylic acids is 2. The first-order valence-corrected chi connectivity index (χ1v) is 9.22. The first kappa shape index (κ1) is 19.0. The van der Waals surface area contributed by atoms with Crippen molar-refractivity contribution in [2.75, 3.05) is 11.4 Å². The van der Waals surface area contributed by atoms with Crippen molar-refractivity contribution in [2.24, 2.45) is 0 Å². The molecule has 0 atom stereocenters. The van der Waals surface area contributed by atoms with E-state index in [9.17, 15) is 9.59 Å². The third kappa shape index (κ3) is 4.14. The predicted octanol–water partition coefficient (Wildman–Crippen LogP) is 4.93. The highest BCUT2D eigenvalue weighted by Crippen LogP contribution is 2.27. The van der Waals surface area contributed by atoms with Gasteiger partial charge in [0.15, 0.2) is 11.5 Å². The molecule has 138 valence electrons. The average Bonchev–Trinajstić information content (AvgIpc) is 3.36. The molecule has 2 aromatic rings. The van der Waals surface area contributed by atoms with Crippen molar-refractivity contribution in [1.82, 2.24) is 0 Å². The van der Waals surface area contributed by atoms with Crippen LogP contribution >= 0.6 is 12.6 Å². The van der Waals surface area contributed by atoms with E-state index >= 15 is 0 Å². The Bertz CT molecular complexity index is 952. The molecule has 0 unspecified atom stereocenters. The largest absolute Gasteiger partial charge is 0.461 e. The van der Waals surface area contributed by atoms with Gasteiger partial charge in [-0.1, -0.05) is 24.3 Å². The lowest BCUT2D eigenvalue weighted by molar-refractivity contribution is -0.112. The summed E-state index contributed by atoms with van der Waals surface area (Å²) in [5.41, 5.74) is 2.60. The van der Waals surface area contributed by atoms with Crippen molar-refractivity contribution >= 4 is 29.9 Å². The Labute approximate surface area is 164 Å². The summed E-state index contributed by atoms with van der Waals surface area (Å²) >= 11 is 4.55. The molecule has 5 heteroatoms. The van der Waals surface area contributed by atoms with Crippen LogP contribution in [-0.2, 0) is 4.79 Å². The number of rotatable bonds is 7. The number of aryl methyl sites for hydroxylation is 1. The second-order valence-corrected chi connectivity index (χ2v) is 6.76. The SMILES string of the molecule is CCN(/C=C(/C(=O)C1=CC=CC1)C(=O)c1ccco1)c1ccc(C)cc1S. The standard InChI is InChI=1S/C22H21NO3S/c1-3-23(18-11-10-15(2)13-20(18)27)14-17(21(24)16-7-4-5-8-16)22(25)19-9-6-12-26-19/h4-7,9-14,27H,3,8H2,1-2H3/b17-14-. The highest BCUT2D eigenvalue weighted by atomic mass is 32.1. The predicted molar refractivity (Wildman–Crippen MR) is 109 cm³/mol. The maximum atomic E-state index is 13.0. The van der Waals surface area contributed by atoms with Crippen LogP contribution in [0.2, 0.25) is 0 Å². The van der Waals surface area contributed by atoms with E-state index in [1.807, 2.05) is 49.1 Å². The van der Waals surface area contributed by atoms with E-state index in [0.29, 0.717) is 18.5 Å². The van der Waals surface area contributed by atoms with Crippen molar-refractivity contribution in [2.45, 2.75) is 25.2 Å². The number of hydrogen-bond donors (Lipinski definition) is 1. The molecule has 0 saturated heterocycles. The summed E-state index contributed by atoms with van der Waals surface area (Å²) in [6.45, 7) is 4.53. The molecule has 1 aliphatic carbocycles. The number of Topliss-reactive ketones (excluding diaryl/α,β-unsaturated/α-hetero) is 2. The van der Waals surface area contributed by atoms with Crippen molar-refractivity contribution in [3.05, 3.63) is 83.5 Å². The number of ketones is 2. The fraction of sp³-hybridized carbons (Fsp3) is 0.182. The first-order chi connectivity index (χ1) is 13.0. The summed E-state index contributed by atoms with van der Waals surface area (Å²) in [6, 6.07) is 9.07. The molecule has 0 spiro atoms. The molecular weight excluding hydrogens is 358 g/mol. The van der Waals surface area contributed by atoms with E-state index in [0.717, 1.165) is 16.1 Å². The molecule has 1 aliphatic rings. The molecule has 1 aromatic heterocycles. The van der Waals surface area contributed by atoms with E-state index in [1.165, 1.54) is 6.26 Å². The van der Waals surface area contributed by atoms with Crippen LogP contribution in [0, 0.1) is 6.92 Å². The van der Waals surface area contributed by atoms with Gasteiger partial charge in [-0.05, 0) is 50.1 Å². The summed E-state index contributed by atoms with van der Waals surface area (Å²) in [5.74, 6) is -0.566. The molecule has 27 heavy (non-hydrogen) atoms. The van der Waals surface area contributed by atoms with Crippen molar-refractivity contribution < 1.29 is 14.0 Å². The van der Waals surface area contributed by atoms with Crippen LogP contribution in [0.3, 0.4) is 0 Å². The van der Waals surface area contributed by atoms with Crippen molar-refractivity contribution in [1.29, 1.82) is 0 Å². The van der Waals surface area contributed by atoms with Gasteiger partial charge in [0.25, 0.3) is 0 Å². The fourth-order valence-electron chi connectivity index (χ4n) is 2.91. The van der Waals surface area contributed by atoms with Gasteiger partial charge in [-0.3, -0.25) is 9.59 Å². The second kappa shape index (κ2) is 8.27. The number of benzene rings is 1. The molecule has 0 N–H and O–H groups in total. The van der Waals surface area contributed by atoms with E-state index in [1.54, 1.807) is 24.4 Å². The molecule has 0 saturated carbocycles. The third-order valence-corrected chi connectivity index (χ3v) is 4.72. The molecule has 4 nitrogen and oxygen atoms in total. The van der Waals surface area contributed by atoms with Crippen molar-refractivity contribution in [3.8, 4) is 0 Å². The lowest BCUT2D eigenvalue weighted by Gasteiger charge is -2.22. The van der Waals surface area contributed by atoms with Crippen LogP contribution in [0.1, 0.15) is 29.5 Å². The number of anilines is 1. The van der Waals surface area contributed by atoms with Gasteiger partial charge in [0.1, 0.15) is 0 Å². The topological polar surface area (TPSA) is 50.5 Å². The highest BCUT2D eigenvalue weighted by Gasteiger charge is 2.26. The minimum Gasteiger partial charge on any atom is -0.461 e. The van der Waals surface area contributed by atoms with Gasteiger partial charge in [-0.15, -0.1) is 12.6 Å². The monoisotopic (exact) mass is 379 g/mol. The molecule has 0 aliphatic heterocycles. The number of carbonyl (C=O) groups is 2. The maximum absolute atomic E-state index is 13.0. The molecule has 0 amide bonds. The summed E-state index contributed by atoms with van der Waals surface area (Å²) in [6.07, 6.45) is 9.02. The smallest absolute Gasteiger partial charge is 0.233 e. The molecule has 0 radical (unpaired) electrons. The third-order valence-electron chi connectivity index (χ3n) is 4.36. The summed E-state index contributed by atoms with van der Waals surface area (Å²) < 4.78 is 5.24. The number of furan rings is 1. The fourth-order valence-corrected chi connectivity index (χ4v) is 3.32. The van der Waals surface area contributed by atoms with Crippen molar-refractivity contribution in [3.63, 3.8) is 0 Å². The van der Waals surface area contributed by atoms with Crippen LogP contribution in [0.4, 0.5) is 5.69 Å². The zero-order valence-corrected chi connectivity index (χ0v) is 16.2. The zero-order chi connectivity index (χ0) is 19.4. The Balaban J connectivity index is 2.04. The Morgan fingerprint density at radius 1 is 1.26 bits per heavy atom. The highest BCUT2D eigenvalue weighted by molar-refractivity contribution is 7.80. The van der Waals surface area contributed by atoms with Gasteiger partial charge in [0.2, 0.25) is 5.78 Å². The Morgan fingerprint density at radius 3 is 2.67 bits per heavy atom. The van der Waals surface area contributed by atoms with Gasteiger partial charge >= 0.3 is 0 Å². The molecule has 3 rings (SSSR count). The molecule has 0 fully saturated rings. The minimum absolute atomic E-state index is 0.0788. The lowest BCUT2D eigenvalue weighted by Crippen LogP contribution is -2.22. The molecule has 0 bridgehead atoms. The number of hydrogen-bond acceptors (Lipinski definition) is 5. The van der Waals surface area contributed by atoms with Gasteiger partial charge in [0, 0.05) is 23.2 Å². The Kier molecular flexibility index (Phi) is 5.81. The number of allylic oxidation sites excluding steroid dienone is 5. The average molecular weight is 379 g/mol. The van der Waals surface area contributed by atoms with Gasteiger partial charge < -0.3 is 9.32 Å². The number of thiol groups is 1. The summed E-state index contributed by atoms with van der Waals surface area (Å²) in [5, 5.41) is 0. The number of nitrogens with zero attached hydrogens (tertiary/aromatic N) is 1. The van der Waals surface area contributed by atoms with E-state index in [-0.39, 0.29) is 17.1 Å². The van der Waals surface area contributed by atoms with E-state index < -0.39 is 5.78 Å². The zero-order valence-electron chi connectivity index (χ0n) is 15.3. The normalized spacial score (nSPS) is 13.6. The van der Waals surface area contributed by atoms with E-state index in [4.69, 9.17) is 4.42 Å². The van der Waals surface area contributed by atoms with Crippen LogP contribution in [-0.4, -0.2) is 18.1 Å². The van der Waals surface area contributed by atoms with E-state index in [2.05, 4.69) is 12.6 Å². The molecule has 1 heterocycles. The Morgan fingerprint density at radius 2 is 2.07 bits per heavy atom. The van der Waals surface area contributed by atoms with Gasteiger partial charge in [-0.2, -0.15) is 0 Å². The maximum Gasteiger partial charge on any atom is 0.233 e. The minimum atomic E-state index is -0.427. The summed E-state index contributed by atoms with van der Waals surface area (Å²) in [7, 11) is 0. The summed E-state index contributed by atoms with van der Waals surface area (Å²) in [4.78, 5) is 28.6. The quantitative estimate of drug-likeness (QED) is 0.244. The lowest BCUT2D eigenvalue weighted by atomic mass is 9.98. The second-order valence-electron chi connectivity index (χ2n) is 6.28. The van der Waals surface area contributed by atoms with Crippen LogP contribution in [0.5, 0.6) is 0 Å². The molecule has 1 aromatic carbocycles. The first-order valence-electron chi connectivity index (χ1n) is 8.78. The van der Waals surface area contributed by atoms with Gasteiger partial charge in [0.05, 0.1) is 17.5 Å². The van der Waals surface area contributed by atoms with Gasteiger partial charge in [-0.25, -0.2) is 0 Å². The Hall–Kier alpha value is -2.79.